The van der Waals surface area contributed by atoms with Gasteiger partial charge in [0.1, 0.15) is 0 Å². The highest BCUT2D eigenvalue weighted by Gasteiger charge is 2.27. The monoisotopic (exact) mass is 320 g/mol. The van der Waals surface area contributed by atoms with Crippen molar-refractivity contribution in [2.75, 3.05) is 12.4 Å². The molecule has 2 heterocycles. The normalized spacial score (nSPS) is 19.2. The molecule has 6 heteroatoms. The minimum absolute atomic E-state index is 0.00603. The summed E-state index contributed by atoms with van der Waals surface area (Å²) in [5.74, 6) is 0.00603. The van der Waals surface area contributed by atoms with Crippen LogP contribution in [0.1, 0.15) is 19.3 Å². The van der Waals surface area contributed by atoms with Gasteiger partial charge in [-0.2, -0.15) is 0 Å². The van der Waals surface area contributed by atoms with Gasteiger partial charge in [-0.05, 0) is 24.8 Å². The summed E-state index contributed by atoms with van der Waals surface area (Å²) in [6, 6.07) is 9.66. The summed E-state index contributed by atoms with van der Waals surface area (Å²) in [6.45, 7) is 0.649. The molecule has 0 unspecified atom stereocenters. The molecular weight excluding hydrogens is 300 g/mol. The molecule has 5 nitrogen and oxygen atoms in total. The highest BCUT2D eigenvalue weighted by Crippen LogP contribution is 2.23. The highest BCUT2D eigenvalue weighted by atomic mass is 32.2. The Morgan fingerprint density at radius 1 is 1.27 bits per heavy atom. The Hall–Kier alpha value is -1.66. The van der Waals surface area contributed by atoms with Crippen LogP contribution in [0.25, 0.3) is 11.3 Å². The molecule has 0 N–H and O–H groups in total. The lowest BCUT2D eigenvalue weighted by molar-refractivity contribution is 0.0304. The number of nitrogens with zero attached hydrogens (tertiary/aromatic N) is 2. The molecule has 2 aromatic rings. The number of hydrogen-bond acceptors (Lipinski definition) is 4. The molecule has 118 valence electrons. The first-order valence-corrected chi connectivity index (χ1v) is 9.14. The predicted molar refractivity (Wildman–Crippen MR) is 84.3 cm³/mol. The van der Waals surface area contributed by atoms with E-state index in [1.807, 2.05) is 30.3 Å². The molecule has 1 atom stereocenters. The third-order valence-electron chi connectivity index (χ3n) is 3.97. The van der Waals surface area contributed by atoms with Crippen LogP contribution in [-0.4, -0.2) is 36.4 Å². The van der Waals surface area contributed by atoms with Gasteiger partial charge in [0.2, 0.25) is 15.0 Å². The minimum Gasteiger partial charge on any atom is -0.377 e. The van der Waals surface area contributed by atoms with E-state index in [0.29, 0.717) is 6.61 Å². The first-order chi connectivity index (χ1) is 10.6. The predicted octanol–water partition coefficient (Wildman–Crippen LogP) is 2.43. The number of sulfone groups is 1. The van der Waals surface area contributed by atoms with Gasteiger partial charge in [-0.3, -0.25) is 0 Å². The largest absolute Gasteiger partial charge is 0.377 e. The summed E-state index contributed by atoms with van der Waals surface area (Å²) in [4.78, 5) is 4.15. The second-order valence-electron chi connectivity index (χ2n) is 5.62. The van der Waals surface area contributed by atoms with Crippen LogP contribution >= 0.6 is 0 Å². The summed E-state index contributed by atoms with van der Waals surface area (Å²) >= 11 is 0. The molecule has 3 rings (SSSR count). The van der Waals surface area contributed by atoms with E-state index >= 15 is 0 Å². The van der Waals surface area contributed by atoms with E-state index in [2.05, 4.69) is 4.98 Å². The van der Waals surface area contributed by atoms with Gasteiger partial charge in [-0.25, -0.2) is 13.4 Å². The van der Waals surface area contributed by atoms with Crippen molar-refractivity contribution in [3.8, 4) is 11.3 Å². The Morgan fingerprint density at radius 3 is 2.73 bits per heavy atom. The van der Waals surface area contributed by atoms with Crippen molar-refractivity contribution in [1.82, 2.24) is 9.55 Å². The average molecular weight is 320 g/mol. The maximum absolute atomic E-state index is 12.6. The smallest absolute Gasteiger partial charge is 0.227 e. The molecule has 0 radical (unpaired) electrons. The van der Waals surface area contributed by atoms with Gasteiger partial charge >= 0.3 is 0 Å². The van der Waals surface area contributed by atoms with Gasteiger partial charge in [0, 0.05) is 13.7 Å². The van der Waals surface area contributed by atoms with Gasteiger partial charge in [-0.1, -0.05) is 30.3 Å². The second-order valence-corrected chi connectivity index (χ2v) is 7.55. The fourth-order valence-electron chi connectivity index (χ4n) is 2.82. The molecule has 0 aliphatic carbocycles. The zero-order valence-corrected chi connectivity index (χ0v) is 13.4. The van der Waals surface area contributed by atoms with E-state index in [0.717, 1.165) is 30.5 Å². The molecule has 1 aliphatic rings. The van der Waals surface area contributed by atoms with Crippen molar-refractivity contribution in [2.24, 2.45) is 7.05 Å². The van der Waals surface area contributed by atoms with E-state index in [1.54, 1.807) is 17.8 Å². The number of aromatic nitrogens is 2. The Balaban J connectivity index is 1.87. The summed E-state index contributed by atoms with van der Waals surface area (Å²) in [7, 11) is -1.71. The number of rotatable bonds is 4. The average Bonchev–Trinajstić information content (AvgIpc) is 2.91. The van der Waals surface area contributed by atoms with E-state index in [1.165, 1.54) is 0 Å². The lowest BCUT2D eigenvalue weighted by Crippen LogP contribution is -2.28. The fraction of sp³-hybridized carbons (Fsp3) is 0.438. The van der Waals surface area contributed by atoms with Crippen LogP contribution in [0.2, 0.25) is 0 Å². The first kappa shape index (κ1) is 15.2. The van der Waals surface area contributed by atoms with E-state index in [-0.39, 0.29) is 17.0 Å². The Labute approximate surface area is 130 Å². The van der Waals surface area contributed by atoms with Crippen LogP contribution in [-0.2, 0) is 21.6 Å². The molecule has 0 bridgehead atoms. The third-order valence-corrected chi connectivity index (χ3v) is 5.72. The van der Waals surface area contributed by atoms with Gasteiger partial charge in [0.25, 0.3) is 0 Å². The fourth-order valence-corrected chi connectivity index (χ4v) is 4.45. The standard InChI is InChI=1S/C16H20N2O3S/c1-18-15(13-7-3-2-4-8-13)11-17-16(18)22(19,20)12-14-9-5-6-10-21-14/h2-4,7-8,11,14H,5-6,9-10,12H2,1H3/t14-/m1/s1. The van der Waals surface area contributed by atoms with E-state index in [4.69, 9.17) is 4.74 Å². The number of hydrogen-bond donors (Lipinski definition) is 0. The van der Waals surface area contributed by atoms with Gasteiger partial charge < -0.3 is 9.30 Å². The van der Waals surface area contributed by atoms with Crippen molar-refractivity contribution in [3.05, 3.63) is 36.5 Å². The van der Waals surface area contributed by atoms with Crippen LogP contribution in [0, 0.1) is 0 Å². The van der Waals surface area contributed by atoms with Crippen LogP contribution in [0.3, 0.4) is 0 Å². The molecule has 0 spiro atoms. The molecule has 1 saturated heterocycles. The zero-order valence-electron chi connectivity index (χ0n) is 12.6. The molecule has 22 heavy (non-hydrogen) atoms. The molecule has 1 aliphatic heterocycles. The Kier molecular flexibility index (Phi) is 4.31. The van der Waals surface area contributed by atoms with Crippen molar-refractivity contribution in [1.29, 1.82) is 0 Å². The van der Waals surface area contributed by atoms with Crippen molar-refractivity contribution >= 4 is 9.84 Å². The van der Waals surface area contributed by atoms with Crippen molar-refractivity contribution < 1.29 is 13.2 Å². The molecular formula is C16H20N2O3S. The lowest BCUT2D eigenvalue weighted by Gasteiger charge is -2.22. The zero-order chi connectivity index (χ0) is 15.6. The van der Waals surface area contributed by atoms with Crippen molar-refractivity contribution in [2.45, 2.75) is 30.5 Å². The van der Waals surface area contributed by atoms with Gasteiger partial charge in [0.05, 0.1) is 23.7 Å². The summed E-state index contributed by atoms with van der Waals surface area (Å²) < 4.78 is 32.4. The van der Waals surface area contributed by atoms with Gasteiger partial charge in [0.15, 0.2) is 0 Å². The van der Waals surface area contributed by atoms with E-state index < -0.39 is 9.84 Å². The van der Waals surface area contributed by atoms with Crippen molar-refractivity contribution in [3.63, 3.8) is 0 Å². The summed E-state index contributed by atoms with van der Waals surface area (Å²) in [6.07, 6.45) is 4.24. The molecule has 0 amide bonds. The van der Waals surface area contributed by atoms with Crippen LogP contribution in [0.15, 0.2) is 41.7 Å². The highest BCUT2D eigenvalue weighted by molar-refractivity contribution is 7.91. The second kappa shape index (κ2) is 6.22. The lowest BCUT2D eigenvalue weighted by atomic mass is 10.1. The number of ether oxygens (including phenoxy) is 1. The molecule has 1 aromatic heterocycles. The molecule has 1 fully saturated rings. The minimum atomic E-state index is -3.45. The first-order valence-electron chi connectivity index (χ1n) is 7.49. The van der Waals surface area contributed by atoms with Gasteiger partial charge in [-0.15, -0.1) is 0 Å². The molecule has 0 saturated carbocycles. The van der Waals surface area contributed by atoms with Crippen LogP contribution in [0.5, 0.6) is 0 Å². The molecule has 1 aromatic carbocycles. The maximum atomic E-state index is 12.6. The quantitative estimate of drug-likeness (QED) is 0.868. The summed E-state index contributed by atoms with van der Waals surface area (Å²) in [5.41, 5.74) is 1.75. The number of imidazole rings is 1. The van der Waals surface area contributed by atoms with Crippen LogP contribution < -0.4 is 0 Å². The SMILES string of the molecule is Cn1c(-c2ccccc2)cnc1S(=O)(=O)C[C@H]1CCCCO1. The summed E-state index contributed by atoms with van der Waals surface area (Å²) in [5, 5.41) is 0.112. The Bertz CT molecular complexity index is 732. The maximum Gasteiger partial charge on any atom is 0.227 e. The van der Waals surface area contributed by atoms with E-state index in [9.17, 15) is 8.42 Å². The van der Waals surface area contributed by atoms with Crippen LogP contribution in [0.4, 0.5) is 0 Å². The number of benzene rings is 1. The third kappa shape index (κ3) is 3.08. The topological polar surface area (TPSA) is 61.2 Å². The Morgan fingerprint density at radius 2 is 2.05 bits per heavy atom.